The zero-order chi connectivity index (χ0) is 36.7. The summed E-state index contributed by atoms with van der Waals surface area (Å²) < 4.78 is 9.13. The van der Waals surface area contributed by atoms with Crippen molar-refractivity contribution < 1.29 is 4.42 Å². The summed E-state index contributed by atoms with van der Waals surface area (Å²) in [6.45, 7) is 0. The number of hydrogen-bond donors (Lipinski definition) is 0. The summed E-state index contributed by atoms with van der Waals surface area (Å²) in [6.07, 6.45) is 0. The number of hydrogen-bond acceptors (Lipinski definition) is 5. The normalized spacial score (nSPS) is 11.9. The van der Waals surface area contributed by atoms with Gasteiger partial charge in [-0.2, -0.15) is 0 Å². The van der Waals surface area contributed by atoms with E-state index in [0.717, 1.165) is 49.8 Å². The summed E-state index contributed by atoms with van der Waals surface area (Å²) in [5.41, 5.74) is 6.67. The Hall–Kier alpha value is -7.21. The molecule has 0 amide bonds. The van der Waals surface area contributed by atoms with Crippen molar-refractivity contribution in [3.8, 4) is 45.3 Å². The highest BCUT2D eigenvalue weighted by Gasteiger charge is 2.19. The van der Waals surface area contributed by atoms with Crippen molar-refractivity contribution >= 4 is 85.8 Å². The van der Waals surface area contributed by atoms with E-state index in [1.54, 1.807) is 0 Å². The average Bonchev–Trinajstić information content (AvgIpc) is 3.84. The highest BCUT2D eigenvalue weighted by Crippen LogP contribution is 2.42. The summed E-state index contributed by atoms with van der Waals surface area (Å²) in [6, 6.07) is 62.1. The van der Waals surface area contributed by atoms with Crippen LogP contribution >= 0.6 is 11.3 Å². The second-order valence-electron chi connectivity index (χ2n) is 14.4. The van der Waals surface area contributed by atoms with Crippen molar-refractivity contribution in [2.24, 2.45) is 0 Å². The van der Waals surface area contributed by atoms with Crippen LogP contribution in [0.4, 0.5) is 0 Å². The fourth-order valence-corrected chi connectivity index (χ4v) is 9.58. The number of aromatic nitrogens is 3. The quantitative estimate of drug-likeness (QED) is 0.169. The molecule has 0 aliphatic rings. The summed E-state index contributed by atoms with van der Waals surface area (Å²) in [5, 5.41) is 11.9. The maximum Gasteiger partial charge on any atom is 0.164 e. The van der Waals surface area contributed by atoms with Crippen LogP contribution in [-0.2, 0) is 0 Å². The molecule has 0 spiro atoms. The molecule has 0 saturated carbocycles. The number of furan rings is 1. The summed E-state index contributed by atoms with van der Waals surface area (Å²) >= 11 is 1.87. The van der Waals surface area contributed by atoms with Crippen LogP contribution in [0.5, 0.6) is 0 Å². The van der Waals surface area contributed by atoms with Gasteiger partial charge in [0.15, 0.2) is 17.5 Å². The highest BCUT2D eigenvalue weighted by atomic mass is 32.1. The summed E-state index contributed by atoms with van der Waals surface area (Å²) in [4.78, 5) is 15.4. The van der Waals surface area contributed by atoms with Crippen LogP contribution in [0, 0.1) is 0 Å². The first-order valence-corrected chi connectivity index (χ1v) is 19.6. The minimum absolute atomic E-state index is 0.601. The molecule has 0 saturated heterocycles. The molecule has 0 radical (unpaired) electrons. The molecule has 0 atom stereocenters. The van der Waals surface area contributed by atoms with Crippen molar-refractivity contribution in [3.05, 3.63) is 176 Å². The van der Waals surface area contributed by atoms with Gasteiger partial charge in [0.2, 0.25) is 0 Å². The fourth-order valence-electron chi connectivity index (χ4n) is 8.36. The van der Waals surface area contributed by atoms with E-state index in [9.17, 15) is 0 Å². The molecule has 0 unspecified atom stereocenters. The SMILES string of the molecule is c1ccc(-c2nc(-c3ccc4ccc5ccccc5c4c3)nc(-c3cccc4oc5ccc(-c6ccc7sc8c9ccccc9ccc8c7c6)cc5c34)n2)cc1. The van der Waals surface area contributed by atoms with Gasteiger partial charge in [-0.15, -0.1) is 11.3 Å². The van der Waals surface area contributed by atoms with Crippen LogP contribution in [0.15, 0.2) is 180 Å². The molecule has 3 aromatic heterocycles. The molecule has 12 rings (SSSR count). The van der Waals surface area contributed by atoms with Crippen molar-refractivity contribution in [3.63, 3.8) is 0 Å². The van der Waals surface area contributed by atoms with E-state index in [0.29, 0.717) is 17.5 Å². The summed E-state index contributed by atoms with van der Waals surface area (Å²) in [7, 11) is 0. The number of thiophene rings is 1. The van der Waals surface area contributed by atoms with E-state index in [4.69, 9.17) is 19.4 Å². The molecule has 56 heavy (non-hydrogen) atoms. The lowest BCUT2D eigenvalue weighted by Gasteiger charge is -2.11. The van der Waals surface area contributed by atoms with Crippen molar-refractivity contribution in [1.29, 1.82) is 0 Å². The van der Waals surface area contributed by atoms with Gasteiger partial charge in [0.1, 0.15) is 11.2 Å². The number of fused-ring (bicyclic) bond motifs is 11. The predicted octanol–water partition coefficient (Wildman–Crippen LogP) is 14.3. The molecule has 9 aromatic carbocycles. The Balaban J connectivity index is 1.04. The van der Waals surface area contributed by atoms with Gasteiger partial charge in [0, 0.05) is 47.6 Å². The van der Waals surface area contributed by atoms with Gasteiger partial charge in [-0.1, -0.05) is 140 Å². The van der Waals surface area contributed by atoms with Crippen LogP contribution in [0.25, 0.3) is 120 Å². The molecule has 5 heteroatoms. The van der Waals surface area contributed by atoms with E-state index in [1.807, 2.05) is 53.8 Å². The second kappa shape index (κ2) is 12.2. The van der Waals surface area contributed by atoms with E-state index in [2.05, 4.69) is 133 Å². The number of rotatable bonds is 4. The monoisotopic (exact) mass is 731 g/mol. The Kier molecular flexibility index (Phi) is 6.76. The van der Waals surface area contributed by atoms with E-state index < -0.39 is 0 Å². The Morgan fingerprint density at radius 3 is 1.84 bits per heavy atom. The first-order valence-electron chi connectivity index (χ1n) is 18.8. The second-order valence-corrected chi connectivity index (χ2v) is 15.4. The third kappa shape index (κ3) is 4.88. The molecule has 12 aromatic rings. The molecule has 3 heterocycles. The smallest absolute Gasteiger partial charge is 0.164 e. The molecule has 0 fully saturated rings. The Morgan fingerprint density at radius 1 is 0.357 bits per heavy atom. The van der Waals surface area contributed by atoms with Crippen molar-refractivity contribution in [1.82, 2.24) is 15.0 Å². The molecule has 0 N–H and O–H groups in total. The van der Waals surface area contributed by atoms with Gasteiger partial charge in [0.05, 0.1) is 0 Å². The molecule has 4 nitrogen and oxygen atoms in total. The largest absolute Gasteiger partial charge is 0.456 e. The number of nitrogens with zero attached hydrogens (tertiary/aromatic N) is 3. The Bertz CT molecular complexity index is 3550. The number of benzene rings is 9. The standard InChI is InChI=1S/C51H29N3OS/c1-2-11-33(12-3-1)49-52-50(36-20-19-32-18-17-30-9-4-6-13-37(30)41(32)29-36)54-51(53-49)40-15-8-16-45-47(40)43-28-34(22-25-44(43)55-45)35-23-26-46-42(27-35)39-24-21-31-10-5-7-14-38(31)48(39)56-46/h1-29H. The Morgan fingerprint density at radius 2 is 0.982 bits per heavy atom. The third-order valence-corrected chi connectivity index (χ3v) is 12.3. The fraction of sp³-hybridized carbons (Fsp3) is 0. The minimum Gasteiger partial charge on any atom is -0.456 e. The van der Waals surface area contributed by atoms with Gasteiger partial charge < -0.3 is 4.42 Å². The van der Waals surface area contributed by atoms with Gasteiger partial charge in [-0.25, -0.2) is 15.0 Å². The molecular weight excluding hydrogens is 703 g/mol. The van der Waals surface area contributed by atoms with E-state index in [-0.39, 0.29) is 0 Å². The lowest BCUT2D eigenvalue weighted by atomic mass is 9.98. The minimum atomic E-state index is 0.601. The molecular formula is C51H29N3OS. The predicted molar refractivity (Wildman–Crippen MR) is 234 cm³/mol. The maximum atomic E-state index is 6.51. The van der Waals surface area contributed by atoms with Crippen molar-refractivity contribution in [2.45, 2.75) is 0 Å². The first-order chi connectivity index (χ1) is 27.7. The van der Waals surface area contributed by atoms with E-state index in [1.165, 1.54) is 52.5 Å². The topological polar surface area (TPSA) is 51.8 Å². The van der Waals surface area contributed by atoms with Crippen molar-refractivity contribution in [2.75, 3.05) is 0 Å². The summed E-state index contributed by atoms with van der Waals surface area (Å²) in [5.74, 6) is 1.85. The van der Waals surface area contributed by atoms with Crippen LogP contribution in [0.3, 0.4) is 0 Å². The zero-order valence-corrected chi connectivity index (χ0v) is 30.7. The lowest BCUT2D eigenvalue weighted by molar-refractivity contribution is 0.669. The van der Waals surface area contributed by atoms with Gasteiger partial charge >= 0.3 is 0 Å². The third-order valence-electron chi connectivity index (χ3n) is 11.1. The molecule has 0 aliphatic carbocycles. The molecule has 0 aliphatic heterocycles. The van der Waals surface area contributed by atoms with Crippen LogP contribution < -0.4 is 0 Å². The molecule has 260 valence electrons. The van der Waals surface area contributed by atoms with Crippen LogP contribution in [-0.4, -0.2) is 15.0 Å². The zero-order valence-electron chi connectivity index (χ0n) is 29.9. The average molecular weight is 732 g/mol. The van der Waals surface area contributed by atoms with Gasteiger partial charge in [0.25, 0.3) is 0 Å². The highest BCUT2D eigenvalue weighted by molar-refractivity contribution is 7.26. The molecule has 0 bridgehead atoms. The maximum absolute atomic E-state index is 6.51. The van der Waals surface area contributed by atoms with Crippen LogP contribution in [0.2, 0.25) is 0 Å². The lowest BCUT2D eigenvalue weighted by Crippen LogP contribution is -2.00. The van der Waals surface area contributed by atoms with Gasteiger partial charge in [-0.3, -0.25) is 0 Å². The van der Waals surface area contributed by atoms with Crippen LogP contribution in [0.1, 0.15) is 0 Å². The van der Waals surface area contributed by atoms with Gasteiger partial charge in [-0.05, 0) is 79.8 Å². The Labute approximate surface area is 325 Å². The first kappa shape index (κ1) is 31.2. The van der Waals surface area contributed by atoms with E-state index >= 15 is 0 Å².